The second-order valence-electron chi connectivity index (χ2n) is 9.67. The standard InChI is InChI=1S/C29H37N3O3S/c1-6-7-8-10-21-13-15-22(16-14-21)27(33)30-24-12-9-11-23(17-24)26-25(28(34)35-18-19(2)3)20(4)32(5)29(36)31-26/h9,11-17,19,26H,6-8,10,18H2,1-5H3,(H,30,33)(H,31,36). The Morgan fingerprint density at radius 2 is 1.86 bits per heavy atom. The van der Waals surface area contributed by atoms with Crippen molar-refractivity contribution in [2.75, 3.05) is 19.0 Å². The van der Waals surface area contributed by atoms with Gasteiger partial charge in [0.05, 0.1) is 18.2 Å². The van der Waals surface area contributed by atoms with Crippen LogP contribution in [0.2, 0.25) is 0 Å². The number of thiocarbonyl (C=S) groups is 1. The first-order chi connectivity index (χ1) is 17.2. The van der Waals surface area contributed by atoms with E-state index in [0.717, 1.165) is 24.1 Å². The maximum absolute atomic E-state index is 13.0. The lowest BCUT2D eigenvalue weighted by Crippen LogP contribution is -2.46. The molecule has 0 aromatic heterocycles. The van der Waals surface area contributed by atoms with Crippen LogP contribution in [-0.2, 0) is 16.0 Å². The monoisotopic (exact) mass is 507 g/mol. The Bertz CT molecular complexity index is 1120. The van der Waals surface area contributed by atoms with E-state index in [1.807, 2.05) is 76.3 Å². The molecule has 1 amide bonds. The van der Waals surface area contributed by atoms with Gasteiger partial charge < -0.3 is 20.3 Å². The average Bonchev–Trinajstić information content (AvgIpc) is 2.86. The van der Waals surface area contributed by atoms with Crippen LogP contribution in [0.4, 0.5) is 5.69 Å². The van der Waals surface area contributed by atoms with Gasteiger partial charge in [-0.1, -0.05) is 57.9 Å². The van der Waals surface area contributed by atoms with Crippen LogP contribution in [0.25, 0.3) is 0 Å². The van der Waals surface area contributed by atoms with Crippen molar-refractivity contribution in [1.82, 2.24) is 10.2 Å². The van der Waals surface area contributed by atoms with E-state index in [1.54, 1.807) is 4.90 Å². The molecule has 1 heterocycles. The van der Waals surface area contributed by atoms with E-state index in [1.165, 1.54) is 18.4 Å². The minimum atomic E-state index is -0.479. The molecule has 1 atom stereocenters. The molecule has 2 N–H and O–H groups in total. The zero-order valence-corrected chi connectivity index (χ0v) is 22.7. The number of anilines is 1. The van der Waals surface area contributed by atoms with Gasteiger partial charge in [-0.05, 0) is 73.3 Å². The van der Waals surface area contributed by atoms with Crippen LogP contribution in [0.3, 0.4) is 0 Å². The van der Waals surface area contributed by atoms with Crippen molar-refractivity contribution >= 4 is 34.9 Å². The first kappa shape index (κ1) is 27.4. The summed E-state index contributed by atoms with van der Waals surface area (Å²) in [5.74, 6) is -0.323. The Morgan fingerprint density at radius 3 is 2.53 bits per heavy atom. The van der Waals surface area contributed by atoms with Crippen LogP contribution in [-0.4, -0.2) is 35.5 Å². The largest absolute Gasteiger partial charge is 0.462 e. The van der Waals surface area contributed by atoms with Gasteiger partial charge in [-0.15, -0.1) is 0 Å². The molecule has 0 saturated carbocycles. The minimum absolute atomic E-state index is 0.178. The average molecular weight is 508 g/mol. The number of carbonyl (C=O) groups is 2. The fourth-order valence-electron chi connectivity index (χ4n) is 4.07. The number of ether oxygens (including phenoxy) is 1. The summed E-state index contributed by atoms with van der Waals surface area (Å²) in [4.78, 5) is 27.7. The lowest BCUT2D eigenvalue weighted by atomic mass is 9.94. The number of amides is 1. The third-order valence-corrected chi connectivity index (χ3v) is 6.68. The van der Waals surface area contributed by atoms with Gasteiger partial charge in [0, 0.05) is 24.0 Å². The molecule has 2 aromatic carbocycles. The van der Waals surface area contributed by atoms with Crippen molar-refractivity contribution in [3.8, 4) is 0 Å². The van der Waals surface area contributed by atoms with Crippen LogP contribution in [0.5, 0.6) is 0 Å². The normalized spacial score (nSPS) is 15.7. The first-order valence-corrected chi connectivity index (χ1v) is 13.0. The molecule has 0 aliphatic carbocycles. The van der Waals surface area contributed by atoms with Gasteiger partial charge in [-0.25, -0.2) is 4.79 Å². The molecule has 6 nitrogen and oxygen atoms in total. The molecule has 1 aliphatic heterocycles. The number of esters is 1. The molecule has 7 heteroatoms. The quantitative estimate of drug-likeness (QED) is 0.233. The highest BCUT2D eigenvalue weighted by atomic mass is 32.1. The highest BCUT2D eigenvalue weighted by molar-refractivity contribution is 7.80. The summed E-state index contributed by atoms with van der Waals surface area (Å²) in [5.41, 5.74) is 4.55. The van der Waals surface area contributed by atoms with Crippen LogP contribution < -0.4 is 10.6 Å². The zero-order chi connectivity index (χ0) is 26.2. The van der Waals surface area contributed by atoms with E-state index in [4.69, 9.17) is 17.0 Å². The van der Waals surface area contributed by atoms with E-state index in [2.05, 4.69) is 17.6 Å². The second kappa shape index (κ2) is 12.7. The van der Waals surface area contributed by atoms with E-state index in [-0.39, 0.29) is 17.8 Å². The second-order valence-corrected chi connectivity index (χ2v) is 10.1. The maximum Gasteiger partial charge on any atom is 0.338 e. The summed E-state index contributed by atoms with van der Waals surface area (Å²) < 4.78 is 5.57. The number of allylic oxidation sites excluding steroid dienone is 1. The molecule has 0 radical (unpaired) electrons. The smallest absolute Gasteiger partial charge is 0.338 e. The number of benzene rings is 2. The van der Waals surface area contributed by atoms with Crippen LogP contribution in [0, 0.1) is 5.92 Å². The summed E-state index contributed by atoms with van der Waals surface area (Å²) in [6.07, 6.45) is 4.58. The molecule has 36 heavy (non-hydrogen) atoms. The topological polar surface area (TPSA) is 70.7 Å². The molecule has 1 unspecified atom stereocenters. The molecule has 0 bridgehead atoms. The fourth-order valence-corrected chi connectivity index (χ4v) is 4.33. The van der Waals surface area contributed by atoms with Crippen LogP contribution in [0.15, 0.2) is 59.8 Å². The zero-order valence-electron chi connectivity index (χ0n) is 21.9. The number of rotatable bonds is 10. The number of unbranched alkanes of at least 4 members (excludes halogenated alkanes) is 2. The Kier molecular flexibility index (Phi) is 9.65. The van der Waals surface area contributed by atoms with Crippen molar-refractivity contribution in [2.45, 2.75) is 59.4 Å². The Morgan fingerprint density at radius 1 is 1.14 bits per heavy atom. The summed E-state index contributed by atoms with van der Waals surface area (Å²) in [6.45, 7) is 8.39. The number of hydrogen-bond donors (Lipinski definition) is 2. The van der Waals surface area contributed by atoms with Gasteiger partial charge in [-0.3, -0.25) is 4.79 Å². The van der Waals surface area contributed by atoms with Crippen LogP contribution in [0.1, 0.15) is 74.5 Å². The summed E-state index contributed by atoms with van der Waals surface area (Å²) in [6, 6.07) is 14.8. The summed E-state index contributed by atoms with van der Waals surface area (Å²) in [7, 11) is 1.82. The van der Waals surface area contributed by atoms with Crippen molar-refractivity contribution in [3.63, 3.8) is 0 Å². The maximum atomic E-state index is 13.0. The van der Waals surface area contributed by atoms with Gasteiger partial charge in [0.1, 0.15) is 0 Å². The molecule has 192 valence electrons. The number of nitrogens with zero attached hydrogens (tertiary/aromatic N) is 1. The highest BCUT2D eigenvalue weighted by Crippen LogP contribution is 2.32. The van der Waals surface area contributed by atoms with Crippen molar-refractivity contribution in [2.24, 2.45) is 5.92 Å². The Hall–Kier alpha value is -3.19. The number of aryl methyl sites for hydroxylation is 1. The van der Waals surface area contributed by atoms with Gasteiger partial charge in [0.25, 0.3) is 5.91 Å². The number of hydrogen-bond acceptors (Lipinski definition) is 4. The van der Waals surface area contributed by atoms with E-state index in [9.17, 15) is 9.59 Å². The molecule has 1 aliphatic rings. The Balaban J connectivity index is 1.79. The molecular weight excluding hydrogens is 470 g/mol. The molecule has 3 rings (SSSR count). The highest BCUT2D eigenvalue weighted by Gasteiger charge is 2.33. The predicted molar refractivity (Wildman–Crippen MR) is 149 cm³/mol. The Labute approximate surface area is 220 Å². The van der Waals surface area contributed by atoms with Crippen LogP contribution >= 0.6 is 12.2 Å². The third kappa shape index (κ3) is 6.94. The molecule has 2 aromatic rings. The summed E-state index contributed by atoms with van der Waals surface area (Å²) in [5, 5.41) is 6.76. The third-order valence-electron chi connectivity index (χ3n) is 6.28. The fraction of sp³-hybridized carbons (Fsp3) is 0.414. The number of nitrogens with one attached hydrogen (secondary N) is 2. The molecule has 0 saturated heterocycles. The molecule has 0 fully saturated rings. The van der Waals surface area contributed by atoms with Gasteiger partial charge >= 0.3 is 5.97 Å². The van der Waals surface area contributed by atoms with Crippen molar-refractivity contribution < 1.29 is 14.3 Å². The van der Waals surface area contributed by atoms with Gasteiger partial charge in [-0.2, -0.15) is 0 Å². The predicted octanol–water partition coefficient (Wildman–Crippen LogP) is 6.01. The lowest BCUT2D eigenvalue weighted by molar-refractivity contribution is -0.140. The summed E-state index contributed by atoms with van der Waals surface area (Å²) >= 11 is 5.50. The molecular formula is C29H37N3O3S. The number of carbonyl (C=O) groups excluding carboxylic acids is 2. The van der Waals surface area contributed by atoms with Crippen molar-refractivity contribution in [3.05, 3.63) is 76.5 Å². The van der Waals surface area contributed by atoms with E-state index >= 15 is 0 Å². The van der Waals surface area contributed by atoms with E-state index in [0.29, 0.717) is 28.5 Å². The SMILES string of the molecule is CCCCCc1ccc(C(=O)Nc2cccc(C3NC(=S)N(C)C(C)=C3C(=O)OCC(C)C)c2)cc1. The van der Waals surface area contributed by atoms with E-state index < -0.39 is 6.04 Å². The molecule has 0 spiro atoms. The lowest BCUT2D eigenvalue weighted by Gasteiger charge is -2.35. The van der Waals surface area contributed by atoms with Gasteiger partial charge in [0.2, 0.25) is 0 Å². The van der Waals surface area contributed by atoms with Crippen molar-refractivity contribution in [1.29, 1.82) is 0 Å². The first-order valence-electron chi connectivity index (χ1n) is 12.6. The van der Waals surface area contributed by atoms with Gasteiger partial charge in [0.15, 0.2) is 5.11 Å². The minimum Gasteiger partial charge on any atom is -0.462 e.